The van der Waals surface area contributed by atoms with Crippen LogP contribution in [0.1, 0.15) is 22.8 Å². The summed E-state index contributed by atoms with van der Waals surface area (Å²) in [6, 6.07) is 9.85. The Bertz CT molecular complexity index is 762. The number of benzene rings is 1. The van der Waals surface area contributed by atoms with E-state index in [1.807, 2.05) is 44.2 Å². The van der Waals surface area contributed by atoms with Gasteiger partial charge in [0.2, 0.25) is 0 Å². The van der Waals surface area contributed by atoms with Crippen molar-refractivity contribution in [3.05, 3.63) is 41.5 Å². The Balaban J connectivity index is 2.02. The van der Waals surface area contributed by atoms with E-state index in [0.717, 1.165) is 34.9 Å². The minimum atomic E-state index is -0.931. The van der Waals surface area contributed by atoms with Crippen LogP contribution in [0.15, 0.2) is 35.3 Å². The molecule has 3 rings (SSSR count). The lowest BCUT2D eigenvalue weighted by molar-refractivity contribution is 0.0677. The molecule has 1 aliphatic rings. The van der Waals surface area contributed by atoms with Gasteiger partial charge < -0.3 is 14.7 Å². The van der Waals surface area contributed by atoms with Crippen LogP contribution in [0.5, 0.6) is 0 Å². The van der Waals surface area contributed by atoms with E-state index in [-0.39, 0.29) is 0 Å². The molecular formula is C18H20N2O3S. The molecule has 0 spiro atoms. The van der Waals surface area contributed by atoms with E-state index in [0.29, 0.717) is 23.8 Å². The van der Waals surface area contributed by atoms with Gasteiger partial charge in [-0.05, 0) is 25.0 Å². The monoisotopic (exact) mass is 344 g/mol. The Morgan fingerprint density at radius 2 is 1.92 bits per heavy atom. The second-order valence-electron chi connectivity index (χ2n) is 5.67. The molecule has 0 saturated carbocycles. The second-order valence-corrected chi connectivity index (χ2v) is 6.67. The van der Waals surface area contributed by atoms with E-state index >= 15 is 0 Å². The average molecular weight is 344 g/mol. The Morgan fingerprint density at radius 3 is 2.54 bits per heavy atom. The highest BCUT2D eigenvalue weighted by atomic mass is 32.1. The second kappa shape index (κ2) is 7.15. The lowest BCUT2D eigenvalue weighted by Crippen LogP contribution is -2.39. The van der Waals surface area contributed by atoms with Gasteiger partial charge in [-0.3, -0.25) is 0 Å². The Hall–Kier alpha value is -2.18. The van der Waals surface area contributed by atoms with E-state index in [4.69, 9.17) is 4.74 Å². The largest absolute Gasteiger partial charge is 0.478 e. The highest BCUT2D eigenvalue weighted by Crippen LogP contribution is 2.41. The normalized spacial score (nSPS) is 15.6. The van der Waals surface area contributed by atoms with Crippen molar-refractivity contribution < 1.29 is 14.6 Å². The molecule has 1 aromatic heterocycles. The maximum absolute atomic E-state index is 11.7. The highest BCUT2D eigenvalue weighted by Gasteiger charge is 2.22. The molecule has 0 amide bonds. The predicted molar refractivity (Wildman–Crippen MR) is 96.6 cm³/mol. The third-order valence-corrected chi connectivity index (χ3v) is 5.34. The molecule has 1 aromatic carbocycles. The van der Waals surface area contributed by atoms with Crippen molar-refractivity contribution in [1.29, 1.82) is 0 Å². The van der Waals surface area contributed by atoms with Crippen LogP contribution in [0.3, 0.4) is 0 Å². The van der Waals surface area contributed by atoms with Crippen LogP contribution in [-0.4, -0.2) is 48.1 Å². The molecule has 6 heteroatoms. The number of thiophene rings is 1. The number of aromatic carboxylic acids is 1. The van der Waals surface area contributed by atoms with Crippen molar-refractivity contribution in [3.63, 3.8) is 0 Å². The predicted octanol–water partition coefficient (Wildman–Crippen LogP) is 3.80. The van der Waals surface area contributed by atoms with E-state index in [9.17, 15) is 9.90 Å². The molecule has 1 aliphatic heterocycles. The zero-order valence-electron chi connectivity index (χ0n) is 13.8. The van der Waals surface area contributed by atoms with Crippen LogP contribution < -0.4 is 0 Å². The zero-order chi connectivity index (χ0) is 17.1. The molecule has 0 atom stereocenters. The standard InChI is InChI=1S/C18H20N2O3S/c1-12-15(18(21)22)17(19-13(2)20-8-10-23-11-9-20)24-16(12)14-6-4-3-5-7-14/h3-7H,8-11H2,1-2H3,(H,21,22)/b19-13+. The first-order chi connectivity index (χ1) is 11.6. The fraction of sp³-hybridized carbons (Fsp3) is 0.333. The summed E-state index contributed by atoms with van der Waals surface area (Å²) in [5.41, 5.74) is 2.09. The fourth-order valence-electron chi connectivity index (χ4n) is 2.80. The number of rotatable bonds is 3. The Labute approximate surface area is 145 Å². The number of hydrogen-bond acceptors (Lipinski definition) is 4. The van der Waals surface area contributed by atoms with Gasteiger partial charge in [0.05, 0.1) is 18.8 Å². The van der Waals surface area contributed by atoms with Crippen molar-refractivity contribution in [3.8, 4) is 10.4 Å². The molecule has 126 valence electrons. The third-order valence-electron chi connectivity index (χ3n) is 4.11. The van der Waals surface area contributed by atoms with Gasteiger partial charge in [-0.25, -0.2) is 9.79 Å². The lowest BCUT2D eigenvalue weighted by atomic mass is 10.1. The van der Waals surface area contributed by atoms with E-state index < -0.39 is 5.97 Å². The van der Waals surface area contributed by atoms with Gasteiger partial charge in [-0.15, -0.1) is 11.3 Å². The number of carboxylic acid groups (broad SMARTS) is 1. The number of nitrogens with zero attached hydrogens (tertiary/aromatic N) is 2. The molecular weight excluding hydrogens is 324 g/mol. The van der Waals surface area contributed by atoms with Gasteiger partial charge in [0.15, 0.2) is 0 Å². The molecule has 1 fully saturated rings. The lowest BCUT2D eigenvalue weighted by Gasteiger charge is -2.28. The molecule has 2 heterocycles. The third kappa shape index (κ3) is 3.34. The first-order valence-corrected chi connectivity index (χ1v) is 8.69. The number of carbonyl (C=O) groups is 1. The highest BCUT2D eigenvalue weighted by molar-refractivity contribution is 7.19. The van der Waals surface area contributed by atoms with Gasteiger partial charge in [-0.1, -0.05) is 30.3 Å². The molecule has 24 heavy (non-hydrogen) atoms. The average Bonchev–Trinajstić information content (AvgIpc) is 2.92. The summed E-state index contributed by atoms with van der Waals surface area (Å²) in [6.45, 7) is 6.70. The number of amidine groups is 1. The van der Waals surface area contributed by atoms with Crippen LogP contribution in [0, 0.1) is 6.92 Å². The van der Waals surface area contributed by atoms with E-state index in [1.54, 1.807) is 0 Å². The van der Waals surface area contributed by atoms with Crippen molar-refractivity contribution in [2.24, 2.45) is 4.99 Å². The maximum Gasteiger partial charge on any atom is 0.339 e. The van der Waals surface area contributed by atoms with Crippen molar-refractivity contribution in [2.75, 3.05) is 26.3 Å². The summed E-state index contributed by atoms with van der Waals surface area (Å²) >= 11 is 1.43. The van der Waals surface area contributed by atoms with Crippen LogP contribution in [-0.2, 0) is 4.74 Å². The first-order valence-electron chi connectivity index (χ1n) is 7.88. The summed E-state index contributed by atoms with van der Waals surface area (Å²) in [6.07, 6.45) is 0. The summed E-state index contributed by atoms with van der Waals surface area (Å²) in [5, 5.41) is 10.2. The van der Waals surface area contributed by atoms with Gasteiger partial charge in [0, 0.05) is 18.0 Å². The minimum absolute atomic E-state index is 0.298. The van der Waals surface area contributed by atoms with Gasteiger partial charge in [0.25, 0.3) is 0 Å². The van der Waals surface area contributed by atoms with Crippen LogP contribution in [0.25, 0.3) is 10.4 Å². The number of carboxylic acids is 1. The molecule has 2 aromatic rings. The molecule has 0 bridgehead atoms. The summed E-state index contributed by atoms with van der Waals surface area (Å²) < 4.78 is 5.35. The summed E-state index contributed by atoms with van der Waals surface area (Å²) in [7, 11) is 0. The van der Waals surface area contributed by atoms with Gasteiger partial charge in [0.1, 0.15) is 10.8 Å². The van der Waals surface area contributed by atoms with Crippen LogP contribution in [0.4, 0.5) is 5.00 Å². The van der Waals surface area contributed by atoms with Crippen molar-refractivity contribution >= 4 is 28.1 Å². The minimum Gasteiger partial charge on any atom is -0.478 e. The quantitative estimate of drug-likeness (QED) is 0.679. The van der Waals surface area contributed by atoms with E-state index in [2.05, 4.69) is 9.89 Å². The molecule has 0 aliphatic carbocycles. The number of ether oxygens (including phenoxy) is 1. The van der Waals surface area contributed by atoms with Crippen molar-refractivity contribution in [1.82, 2.24) is 4.90 Å². The fourth-order valence-corrected chi connectivity index (χ4v) is 4.02. The maximum atomic E-state index is 11.7. The SMILES string of the molecule is C/C(=N\c1sc(-c2ccccc2)c(C)c1C(=O)O)N1CCOCC1. The Morgan fingerprint density at radius 1 is 1.25 bits per heavy atom. The smallest absolute Gasteiger partial charge is 0.339 e. The van der Waals surface area contributed by atoms with Crippen LogP contribution in [0.2, 0.25) is 0 Å². The molecule has 1 N–H and O–H groups in total. The van der Waals surface area contributed by atoms with Gasteiger partial charge >= 0.3 is 5.97 Å². The number of morpholine rings is 1. The van der Waals surface area contributed by atoms with Crippen LogP contribution >= 0.6 is 11.3 Å². The summed E-state index contributed by atoms with van der Waals surface area (Å²) in [4.78, 5) is 19.5. The number of hydrogen-bond donors (Lipinski definition) is 1. The molecule has 5 nitrogen and oxygen atoms in total. The van der Waals surface area contributed by atoms with Gasteiger partial charge in [-0.2, -0.15) is 0 Å². The molecule has 0 radical (unpaired) electrons. The molecule has 1 saturated heterocycles. The Kier molecular flexibility index (Phi) is 4.97. The van der Waals surface area contributed by atoms with Crippen molar-refractivity contribution in [2.45, 2.75) is 13.8 Å². The zero-order valence-corrected chi connectivity index (χ0v) is 14.6. The summed E-state index contributed by atoms with van der Waals surface area (Å²) in [5.74, 6) is -0.0962. The van der Waals surface area contributed by atoms with E-state index in [1.165, 1.54) is 11.3 Å². The molecule has 0 unspecified atom stereocenters. The topological polar surface area (TPSA) is 62.1 Å². The number of aliphatic imine (C=N–C) groups is 1. The first kappa shape index (κ1) is 16.7.